The summed E-state index contributed by atoms with van der Waals surface area (Å²) in [5.41, 5.74) is 0.917. The monoisotopic (exact) mass is 135 g/mol. The lowest BCUT2D eigenvalue weighted by Crippen LogP contribution is -1.69. The molecule has 0 spiro atoms. The number of rotatable bonds is 2. The molecule has 1 rings (SSSR count). The Morgan fingerprint density at radius 1 is 1.50 bits per heavy atom. The summed E-state index contributed by atoms with van der Waals surface area (Å²) in [6, 6.07) is 10.4. The van der Waals surface area contributed by atoms with Crippen LogP contribution in [0.4, 0.5) is 4.39 Å². The van der Waals surface area contributed by atoms with Crippen molar-refractivity contribution < 1.29 is 4.39 Å². The molecule has 10 heavy (non-hydrogen) atoms. The molecule has 0 bridgehead atoms. The van der Waals surface area contributed by atoms with E-state index in [9.17, 15) is 4.39 Å². The van der Waals surface area contributed by atoms with E-state index in [1.165, 1.54) is 6.08 Å². The number of hydrogen-bond acceptors (Lipinski definition) is 0. The van der Waals surface area contributed by atoms with Gasteiger partial charge >= 0.3 is 0 Å². The Bertz CT molecular complexity index is 201. The van der Waals surface area contributed by atoms with E-state index in [-0.39, 0.29) is 0 Å². The van der Waals surface area contributed by atoms with Gasteiger partial charge in [-0.1, -0.05) is 36.4 Å². The highest BCUT2D eigenvalue weighted by atomic mass is 19.1. The molecule has 0 atom stereocenters. The standard InChI is InChI=1S/C9H8F/c10-8-4-7-9-5-2-1-3-6-9/h1-5,7H,8H2. The molecule has 1 radical (unpaired) electrons. The lowest BCUT2D eigenvalue weighted by Gasteiger charge is -1.86. The zero-order valence-electron chi connectivity index (χ0n) is 5.55. The molecule has 0 aromatic heterocycles. The molecule has 0 unspecified atom stereocenters. The number of hydrogen-bond donors (Lipinski definition) is 0. The van der Waals surface area contributed by atoms with Gasteiger partial charge in [-0.15, -0.1) is 0 Å². The smallest absolute Gasteiger partial charge is 0.108 e. The Kier molecular flexibility index (Phi) is 2.68. The summed E-state index contributed by atoms with van der Waals surface area (Å²) in [5.74, 6) is 0. The van der Waals surface area contributed by atoms with Crippen LogP contribution in [-0.4, -0.2) is 6.67 Å². The number of benzene rings is 1. The van der Waals surface area contributed by atoms with Gasteiger partial charge in [0.1, 0.15) is 6.67 Å². The lowest BCUT2D eigenvalue weighted by atomic mass is 10.2. The van der Waals surface area contributed by atoms with Crippen molar-refractivity contribution in [1.29, 1.82) is 0 Å². The molecular weight excluding hydrogens is 127 g/mol. The first kappa shape index (κ1) is 7.00. The van der Waals surface area contributed by atoms with Crippen LogP contribution in [0, 0.1) is 6.07 Å². The van der Waals surface area contributed by atoms with Gasteiger partial charge in [0.25, 0.3) is 0 Å². The second kappa shape index (κ2) is 3.83. The van der Waals surface area contributed by atoms with Crippen LogP contribution in [0.15, 0.2) is 30.3 Å². The van der Waals surface area contributed by atoms with Gasteiger partial charge in [0.2, 0.25) is 0 Å². The van der Waals surface area contributed by atoms with Gasteiger partial charge < -0.3 is 0 Å². The highest BCUT2D eigenvalue weighted by Gasteiger charge is 1.80. The largest absolute Gasteiger partial charge is 0.247 e. The highest BCUT2D eigenvalue weighted by molar-refractivity contribution is 5.47. The minimum absolute atomic E-state index is 0.414. The van der Waals surface area contributed by atoms with E-state index in [4.69, 9.17) is 0 Å². The molecule has 1 aromatic rings. The summed E-state index contributed by atoms with van der Waals surface area (Å²) >= 11 is 0. The molecule has 0 saturated heterocycles. The molecule has 0 aliphatic rings. The van der Waals surface area contributed by atoms with Gasteiger partial charge in [-0.05, 0) is 11.6 Å². The van der Waals surface area contributed by atoms with Crippen molar-refractivity contribution in [2.75, 3.05) is 6.67 Å². The zero-order chi connectivity index (χ0) is 7.23. The molecule has 51 valence electrons. The molecule has 1 aromatic carbocycles. The first-order chi connectivity index (χ1) is 4.93. The molecule has 0 saturated carbocycles. The van der Waals surface area contributed by atoms with Gasteiger partial charge in [-0.3, -0.25) is 0 Å². The van der Waals surface area contributed by atoms with Gasteiger partial charge in [-0.25, -0.2) is 4.39 Å². The summed E-state index contributed by atoms with van der Waals surface area (Å²) in [7, 11) is 0. The van der Waals surface area contributed by atoms with Crippen LogP contribution in [0.3, 0.4) is 0 Å². The fourth-order valence-corrected chi connectivity index (χ4v) is 0.682. The molecule has 0 aliphatic carbocycles. The van der Waals surface area contributed by atoms with Crippen molar-refractivity contribution in [3.05, 3.63) is 42.0 Å². The van der Waals surface area contributed by atoms with Gasteiger partial charge in [0, 0.05) is 0 Å². The van der Waals surface area contributed by atoms with E-state index in [2.05, 4.69) is 6.07 Å². The number of halogens is 1. The Morgan fingerprint density at radius 3 is 3.00 bits per heavy atom. The maximum atomic E-state index is 11.6. The third-order valence-corrected chi connectivity index (χ3v) is 1.12. The molecule has 1 heteroatoms. The molecule has 0 N–H and O–H groups in total. The summed E-state index contributed by atoms with van der Waals surface area (Å²) in [4.78, 5) is 0. The second-order valence-electron chi connectivity index (χ2n) is 1.87. The highest BCUT2D eigenvalue weighted by Crippen LogP contribution is 1.99. The average molecular weight is 135 g/mol. The fraction of sp³-hybridized carbons (Fsp3) is 0.111. The number of alkyl halides is 1. The summed E-state index contributed by atoms with van der Waals surface area (Å²) in [6.07, 6.45) is 3.17. The van der Waals surface area contributed by atoms with Crippen LogP contribution in [0.25, 0.3) is 6.08 Å². The van der Waals surface area contributed by atoms with Crippen LogP contribution >= 0.6 is 0 Å². The van der Waals surface area contributed by atoms with E-state index in [1.807, 2.05) is 18.2 Å². The predicted molar refractivity (Wildman–Crippen MR) is 40.3 cm³/mol. The quantitative estimate of drug-likeness (QED) is 0.584. The van der Waals surface area contributed by atoms with Crippen LogP contribution in [-0.2, 0) is 0 Å². The van der Waals surface area contributed by atoms with E-state index >= 15 is 0 Å². The van der Waals surface area contributed by atoms with E-state index < -0.39 is 6.67 Å². The minimum atomic E-state index is -0.414. The van der Waals surface area contributed by atoms with Crippen molar-refractivity contribution in [2.24, 2.45) is 0 Å². The topological polar surface area (TPSA) is 0 Å². The average Bonchev–Trinajstić information content (AvgIpc) is 2.03. The van der Waals surface area contributed by atoms with Crippen molar-refractivity contribution in [3.8, 4) is 0 Å². The first-order valence-corrected chi connectivity index (χ1v) is 3.12. The fourth-order valence-electron chi connectivity index (χ4n) is 0.682. The Hall–Kier alpha value is -1.11. The van der Waals surface area contributed by atoms with Gasteiger partial charge in [-0.2, -0.15) is 0 Å². The zero-order valence-corrected chi connectivity index (χ0v) is 5.55. The maximum absolute atomic E-state index is 11.6. The Balaban J connectivity index is 2.67. The van der Waals surface area contributed by atoms with E-state index in [1.54, 1.807) is 12.1 Å². The molecule has 0 nitrogen and oxygen atoms in total. The third-order valence-electron chi connectivity index (χ3n) is 1.12. The SMILES string of the molecule is FCC=Cc1[c]cccc1. The van der Waals surface area contributed by atoms with Crippen molar-refractivity contribution in [1.82, 2.24) is 0 Å². The lowest BCUT2D eigenvalue weighted by molar-refractivity contribution is 0.563. The normalized spacial score (nSPS) is 10.5. The molecule has 0 heterocycles. The Labute approximate surface area is 60.0 Å². The molecule has 0 aliphatic heterocycles. The summed E-state index contributed by atoms with van der Waals surface area (Å²) < 4.78 is 11.6. The van der Waals surface area contributed by atoms with E-state index in [0.29, 0.717) is 0 Å². The van der Waals surface area contributed by atoms with E-state index in [0.717, 1.165) is 5.56 Å². The Morgan fingerprint density at radius 2 is 2.40 bits per heavy atom. The predicted octanol–water partition coefficient (Wildman–Crippen LogP) is 2.47. The van der Waals surface area contributed by atoms with Crippen LogP contribution in [0.5, 0.6) is 0 Å². The van der Waals surface area contributed by atoms with Crippen molar-refractivity contribution in [3.63, 3.8) is 0 Å². The van der Waals surface area contributed by atoms with Crippen LogP contribution < -0.4 is 0 Å². The summed E-state index contributed by atoms with van der Waals surface area (Å²) in [6.45, 7) is -0.414. The second-order valence-corrected chi connectivity index (χ2v) is 1.87. The number of allylic oxidation sites excluding steroid dienone is 1. The minimum Gasteiger partial charge on any atom is -0.247 e. The molecule has 0 amide bonds. The molecular formula is C9H8F. The molecule has 0 fully saturated rings. The first-order valence-electron chi connectivity index (χ1n) is 3.12. The maximum Gasteiger partial charge on any atom is 0.108 e. The van der Waals surface area contributed by atoms with Crippen LogP contribution in [0.2, 0.25) is 0 Å². The van der Waals surface area contributed by atoms with Crippen molar-refractivity contribution in [2.45, 2.75) is 0 Å². The van der Waals surface area contributed by atoms with Gasteiger partial charge in [0.15, 0.2) is 0 Å². The summed E-state index contributed by atoms with van der Waals surface area (Å²) in [5, 5.41) is 0. The third kappa shape index (κ3) is 2.02. The van der Waals surface area contributed by atoms with Crippen LogP contribution in [0.1, 0.15) is 5.56 Å². The van der Waals surface area contributed by atoms with Crippen molar-refractivity contribution >= 4 is 6.08 Å². The van der Waals surface area contributed by atoms with Gasteiger partial charge in [0.05, 0.1) is 0 Å².